The Bertz CT molecular complexity index is 339. The van der Waals surface area contributed by atoms with E-state index in [1.807, 2.05) is 6.92 Å². The van der Waals surface area contributed by atoms with Gasteiger partial charge in [-0.05, 0) is 6.92 Å². The van der Waals surface area contributed by atoms with Crippen molar-refractivity contribution in [3.8, 4) is 0 Å². The number of nitrogens with zero attached hydrogens (tertiary/aromatic N) is 2. The van der Waals surface area contributed by atoms with E-state index in [9.17, 15) is 0 Å². The summed E-state index contributed by atoms with van der Waals surface area (Å²) in [5, 5.41) is 10.8. The number of nitrogens with one attached hydrogen (secondary N) is 2. The molecule has 0 spiro atoms. The van der Waals surface area contributed by atoms with Crippen LogP contribution in [-0.2, 0) is 0 Å². The zero-order valence-electron chi connectivity index (χ0n) is 7.84. The van der Waals surface area contributed by atoms with Gasteiger partial charge in [-0.15, -0.1) is 10.2 Å². The number of nitrogens with two attached hydrogens (primary N) is 1. The fourth-order valence-corrected chi connectivity index (χ4v) is 0.977. The van der Waals surface area contributed by atoms with Gasteiger partial charge in [-0.2, -0.15) is 0 Å². The molecule has 0 fully saturated rings. The summed E-state index contributed by atoms with van der Waals surface area (Å²) in [4.78, 5) is 0. The van der Waals surface area contributed by atoms with Crippen molar-refractivity contribution in [3.05, 3.63) is 23.4 Å². The Morgan fingerprint density at radius 1 is 1.64 bits per heavy atom. The molecule has 1 rings (SSSR count). The van der Waals surface area contributed by atoms with Gasteiger partial charge in [-0.1, -0.05) is 23.8 Å². The van der Waals surface area contributed by atoms with Crippen molar-refractivity contribution in [1.29, 1.82) is 0 Å². The second-order valence-corrected chi connectivity index (χ2v) is 3.25. The smallest absolute Gasteiger partial charge is 0.174 e. The molecular weight excluding hydrogens is 202 g/mol. The molecule has 6 heteroatoms. The Morgan fingerprint density at radius 2 is 2.36 bits per heavy atom. The molecule has 76 valence electrons. The molecule has 1 heterocycles. The molecule has 14 heavy (non-hydrogen) atoms. The van der Waals surface area contributed by atoms with Crippen molar-refractivity contribution >= 4 is 23.1 Å². The maximum atomic E-state index is 5.80. The molecule has 0 aliphatic carbocycles. The minimum atomic E-state index is 0.310. The predicted molar refractivity (Wildman–Crippen MR) is 58.2 cm³/mol. The Hall–Kier alpha value is -1.33. The van der Waals surface area contributed by atoms with Gasteiger partial charge in [-0.25, -0.2) is 5.84 Å². The molecule has 0 aliphatic rings. The van der Waals surface area contributed by atoms with Crippen LogP contribution in [0.25, 0.3) is 0 Å². The molecule has 0 saturated carbocycles. The van der Waals surface area contributed by atoms with E-state index < -0.39 is 0 Å². The van der Waals surface area contributed by atoms with Crippen molar-refractivity contribution in [1.82, 2.24) is 10.2 Å². The van der Waals surface area contributed by atoms with Gasteiger partial charge in [0.2, 0.25) is 0 Å². The third kappa shape index (κ3) is 2.86. The fourth-order valence-electron chi connectivity index (χ4n) is 0.817. The van der Waals surface area contributed by atoms with Crippen molar-refractivity contribution in [2.24, 2.45) is 5.84 Å². The highest BCUT2D eigenvalue weighted by Gasteiger charge is 2.03. The van der Waals surface area contributed by atoms with Gasteiger partial charge in [-0.3, -0.25) is 0 Å². The first-order valence-electron chi connectivity index (χ1n) is 4.01. The molecule has 0 aliphatic heterocycles. The summed E-state index contributed by atoms with van der Waals surface area (Å²) in [5.74, 6) is 5.64. The van der Waals surface area contributed by atoms with Crippen LogP contribution in [0.4, 0.5) is 11.5 Å². The zero-order chi connectivity index (χ0) is 10.6. The molecule has 0 unspecified atom stereocenters. The lowest BCUT2D eigenvalue weighted by Gasteiger charge is -2.07. The number of nitrogen functional groups attached to an aromatic ring is 1. The van der Waals surface area contributed by atoms with E-state index in [-0.39, 0.29) is 0 Å². The number of rotatable bonds is 4. The minimum Gasteiger partial charge on any atom is -0.379 e. The molecule has 4 N–H and O–H groups in total. The number of hydrogen-bond donors (Lipinski definition) is 3. The quantitative estimate of drug-likeness (QED) is 0.401. The highest BCUT2D eigenvalue weighted by molar-refractivity contribution is 6.31. The molecule has 1 aromatic rings. The van der Waals surface area contributed by atoms with Gasteiger partial charge in [0.25, 0.3) is 0 Å². The second kappa shape index (κ2) is 4.78. The van der Waals surface area contributed by atoms with Gasteiger partial charge >= 0.3 is 0 Å². The summed E-state index contributed by atoms with van der Waals surface area (Å²) in [6.07, 6.45) is 0. The molecule has 0 bridgehead atoms. The molecule has 1 aromatic heterocycles. The largest absolute Gasteiger partial charge is 0.379 e. The topological polar surface area (TPSA) is 75.9 Å². The first-order chi connectivity index (χ1) is 6.63. The summed E-state index contributed by atoms with van der Waals surface area (Å²) < 4.78 is 0. The number of hydrogen-bond acceptors (Lipinski definition) is 5. The van der Waals surface area contributed by atoms with Crippen molar-refractivity contribution in [3.63, 3.8) is 0 Å². The van der Waals surface area contributed by atoms with Crippen LogP contribution in [-0.4, -0.2) is 16.7 Å². The fraction of sp³-hybridized carbons (Fsp3) is 0.250. The molecular formula is C8H12ClN5. The SMILES string of the molecule is C=C(C)CNc1cc(NN)nnc1Cl. The van der Waals surface area contributed by atoms with E-state index in [1.54, 1.807) is 6.07 Å². The lowest BCUT2D eigenvalue weighted by molar-refractivity contribution is 1.02. The highest BCUT2D eigenvalue weighted by atomic mass is 35.5. The van der Waals surface area contributed by atoms with E-state index in [4.69, 9.17) is 17.4 Å². The van der Waals surface area contributed by atoms with Crippen molar-refractivity contribution in [2.45, 2.75) is 6.92 Å². The molecule has 0 amide bonds. The predicted octanol–water partition coefficient (Wildman–Crippen LogP) is 1.40. The Kier molecular flexibility index (Phi) is 3.67. The van der Waals surface area contributed by atoms with E-state index in [1.165, 1.54) is 0 Å². The summed E-state index contributed by atoms with van der Waals surface area (Å²) >= 11 is 5.80. The Balaban J connectivity index is 2.78. The van der Waals surface area contributed by atoms with Gasteiger partial charge in [0.15, 0.2) is 11.0 Å². The minimum absolute atomic E-state index is 0.310. The lowest BCUT2D eigenvalue weighted by Crippen LogP contribution is -2.11. The van der Waals surface area contributed by atoms with Crippen LogP contribution < -0.4 is 16.6 Å². The first kappa shape index (κ1) is 10.7. The summed E-state index contributed by atoms with van der Waals surface area (Å²) in [6, 6.07) is 1.68. The summed E-state index contributed by atoms with van der Waals surface area (Å²) in [5.41, 5.74) is 4.07. The Labute approximate surface area is 87.3 Å². The molecule has 0 radical (unpaired) electrons. The van der Waals surface area contributed by atoms with Crippen LogP contribution >= 0.6 is 11.6 Å². The summed E-state index contributed by atoms with van der Waals surface area (Å²) in [7, 11) is 0. The highest BCUT2D eigenvalue weighted by Crippen LogP contribution is 2.20. The molecule has 5 nitrogen and oxygen atoms in total. The van der Waals surface area contributed by atoms with Gasteiger partial charge in [0.1, 0.15) is 0 Å². The zero-order valence-corrected chi connectivity index (χ0v) is 8.60. The van der Waals surface area contributed by atoms with E-state index in [0.717, 1.165) is 5.57 Å². The van der Waals surface area contributed by atoms with E-state index in [2.05, 4.69) is 27.5 Å². The van der Waals surface area contributed by atoms with Gasteiger partial charge < -0.3 is 10.7 Å². The Morgan fingerprint density at radius 3 is 2.93 bits per heavy atom. The number of anilines is 2. The van der Waals surface area contributed by atoms with Crippen LogP contribution in [0.3, 0.4) is 0 Å². The van der Waals surface area contributed by atoms with Crippen LogP contribution in [0.15, 0.2) is 18.2 Å². The van der Waals surface area contributed by atoms with E-state index >= 15 is 0 Å². The number of hydrazine groups is 1. The monoisotopic (exact) mass is 213 g/mol. The van der Waals surface area contributed by atoms with Crippen LogP contribution in [0, 0.1) is 0 Å². The molecule has 0 saturated heterocycles. The average molecular weight is 214 g/mol. The third-order valence-electron chi connectivity index (χ3n) is 1.48. The average Bonchev–Trinajstić information content (AvgIpc) is 2.16. The second-order valence-electron chi connectivity index (χ2n) is 2.89. The molecule has 0 atom stereocenters. The molecule has 0 aromatic carbocycles. The normalized spacial score (nSPS) is 9.64. The van der Waals surface area contributed by atoms with Crippen LogP contribution in [0.1, 0.15) is 6.92 Å². The number of halogens is 1. The third-order valence-corrected chi connectivity index (χ3v) is 1.76. The van der Waals surface area contributed by atoms with Crippen molar-refractivity contribution < 1.29 is 0 Å². The maximum absolute atomic E-state index is 5.80. The van der Waals surface area contributed by atoms with Crippen LogP contribution in [0.5, 0.6) is 0 Å². The lowest BCUT2D eigenvalue weighted by atomic mass is 10.3. The van der Waals surface area contributed by atoms with E-state index in [0.29, 0.717) is 23.2 Å². The standard InChI is InChI=1S/C8H12ClN5/c1-5(2)4-11-6-3-7(12-10)13-14-8(6)9/h3H,1,4,10H2,2H3,(H2,11,12,13). The maximum Gasteiger partial charge on any atom is 0.174 e. The van der Waals surface area contributed by atoms with Crippen LogP contribution in [0.2, 0.25) is 5.15 Å². The summed E-state index contributed by atoms with van der Waals surface area (Å²) in [6.45, 7) is 6.31. The van der Waals surface area contributed by atoms with Crippen molar-refractivity contribution in [2.75, 3.05) is 17.3 Å². The first-order valence-corrected chi connectivity index (χ1v) is 4.39. The number of aromatic nitrogens is 2. The van der Waals surface area contributed by atoms with Gasteiger partial charge in [0, 0.05) is 12.6 Å². The van der Waals surface area contributed by atoms with Gasteiger partial charge in [0.05, 0.1) is 5.69 Å².